The number of nitrogens with one attached hydrogen (secondary N) is 1. The van der Waals surface area contributed by atoms with Gasteiger partial charge in [-0.1, -0.05) is 0 Å². The molecule has 5 nitrogen and oxygen atoms in total. The fourth-order valence-electron chi connectivity index (χ4n) is 1.68. The molecule has 1 aliphatic rings. The van der Waals surface area contributed by atoms with Crippen molar-refractivity contribution < 1.29 is 5.11 Å². The Morgan fingerprint density at radius 2 is 2.43 bits per heavy atom. The van der Waals surface area contributed by atoms with Crippen LogP contribution in [-0.2, 0) is 0 Å². The molecule has 0 radical (unpaired) electrons. The quantitative estimate of drug-likeness (QED) is 0.647. The van der Waals surface area contributed by atoms with E-state index in [9.17, 15) is 9.90 Å². The zero-order valence-corrected chi connectivity index (χ0v) is 7.81. The number of piperidine rings is 1. The predicted octanol–water partition coefficient (Wildman–Crippen LogP) is -0.269. The van der Waals surface area contributed by atoms with Crippen LogP contribution >= 0.6 is 0 Å². The van der Waals surface area contributed by atoms with Crippen molar-refractivity contribution >= 4 is 5.82 Å². The Bertz CT molecular complexity index is 343. The molecule has 0 spiro atoms. The first-order valence-electron chi connectivity index (χ1n) is 4.74. The van der Waals surface area contributed by atoms with Crippen LogP contribution in [0.2, 0.25) is 0 Å². The van der Waals surface area contributed by atoms with Crippen molar-refractivity contribution in [3.8, 4) is 0 Å². The number of hydrogen-bond donors (Lipinski definition) is 2. The summed E-state index contributed by atoms with van der Waals surface area (Å²) in [6.07, 6.45) is 1.53. The lowest BCUT2D eigenvalue weighted by molar-refractivity contribution is 0.154. The maximum absolute atomic E-state index is 10.8. The van der Waals surface area contributed by atoms with Gasteiger partial charge in [0.05, 0.1) is 6.10 Å². The number of aliphatic hydroxyl groups is 1. The number of anilines is 1. The number of β-amino-alcohol motifs (C(OH)–C–C–N with tert-alkyl or cyclic N) is 1. The molecule has 1 aliphatic heterocycles. The second kappa shape index (κ2) is 3.79. The molecule has 2 N–H and O–H groups in total. The van der Waals surface area contributed by atoms with E-state index in [1.807, 2.05) is 4.90 Å². The second-order valence-electron chi connectivity index (χ2n) is 3.52. The van der Waals surface area contributed by atoms with E-state index in [1.165, 1.54) is 6.07 Å². The van der Waals surface area contributed by atoms with Crippen LogP contribution in [0.25, 0.3) is 0 Å². The lowest BCUT2D eigenvalue weighted by atomic mass is 10.1. The average Bonchev–Trinajstić information content (AvgIpc) is 2.19. The zero-order chi connectivity index (χ0) is 9.97. The van der Waals surface area contributed by atoms with Gasteiger partial charge in [-0.15, -0.1) is 0 Å². The summed E-state index contributed by atoms with van der Waals surface area (Å²) in [6.45, 7) is 1.48. The molecule has 0 aliphatic carbocycles. The molecule has 1 atom stereocenters. The Morgan fingerprint density at radius 3 is 3.07 bits per heavy atom. The van der Waals surface area contributed by atoms with E-state index in [1.54, 1.807) is 6.07 Å². The van der Waals surface area contributed by atoms with E-state index < -0.39 is 0 Å². The number of H-pyrrole nitrogens is 1. The summed E-state index contributed by atoms with van der Waals surface area (Å²) in [4.78, 5) is 12.8. The Morgan fingerprint density at radius 1 is 1.57 bits per heavy atom. The first-order valence-corrected chi connectivity index (χ1v) is 4.74. The second-order valence-corrected chi connectivity index (χ2v) is 3.52. The molecule has 1 aromatic rings. The minimum atomic E-state index is -0.280. The van der Waals surface area contributed by atoms with Crippen molar-refractivity contribution in [1.82, 2.24) is 10.2 Å². The Hall–Kier alpha value is -1.36. The van der Waals surface area contributed by atoms with E-state index in [2.05, 4.69) is 10.2 Å². The maximum atomic E-state index is 10.8. The SMILES string of the molecule is O=c1ccc(N2CCC[C@H](O)C2)n[nH]1. The molecule has 1 fully saturated rings. The highest BCUT2D eigenvalue weighted by atomic mass is 16.3. The highest BCUT2D eigenvalue weighted by Gasteiger charge is 2.18. The van der Waals surface area contributed by atoms with Gasteiger partial charge in [0.25, 0.3) is 5.56 Å². The first-order chi connectivity index (χ1) is 6.75. The van der Waals surface area contributed by atoms with Crippen molar-refractivity contribution in [3.63, 3.8) is 0 Å². The van der Waals surface area contributed by atoms with Gasteiger partial charge in [-0.05, 0) is 18.9 Å². The van der Waals surface area contributed by atoms with E-state index in [0.717, 1.165) is 25.2 Å². The third-order valence-corrected chi connectivity index (χ3v) is 2.38. The molecule has 76 valence electrons. The molecule has 1 aromatic heterocycles. The van der Waals surface area contributed by atoms with Gasteiger partial charge >= 0.3 is 0 Å². The van der Waals surface area contributed by atoms with Crippen molar-refractivity contribution in [2.24, 2.45) is 0 Å². The highest BCUT2D eigenvalue weighted by Crippen LogP contribution is 2.15. The van der Waals surface area contributed by atoms with Gasteiger partial charge in [0.1, 0.15) is 5.82 Å². The van der Waals surface area contributed by atoms with E-state index >= 15 is 0 Å². The van der Waals surface area contributed by atoms with Gasteiger partial charge in [0.15, 0.2) is 0 Å². The summed E-state index contributed by atoms with van der Waals surface area (Å²) >= 11 is 0. The summed E-state index contributed by atoms with van der Waals surface area (Å²) in [5.74, 6) is 0.725. The van der Waals surface area contributed by atoms with Crippen molar-refractivity contribution in [3.05, 3.63) is 22.5 Å². The van der Waals surface area contributed by atoms with E-state index in [-0.39, 0.29) is 11.7 Å². The molecule has 0 unspecified atom stereocenters. The molecule has 2 rings (SSSR count). The smallest absolute Gasteiger partial charge is 0.264 e. The summed E-state index contributed by atoms with van der Waals surface area (Å²) in [7, 11) is 0. The molecule has 0 amide bonds. The van der Waals surface area contributed by atoms with Crippen molar-refractivity contribution in [2.75, 3.05) is 18.0 Å². The predicted molar refractivity (Wildman–Crippen MR) is 52.3 cm³/mol. The van der Waals surface area contributed by atoms with Gasteiger partial charge in [0, 0.05) is 19.2 Å². The molecule has 5 heteroatoms. The Labute approximate surface area is 81.4 Å². The molecule has 0 saturated carbocycles. The third-order valence-electron chi connectivity index (χ3n) is 2.38. The van der Waals surface area contributed by atoms with Crippen LogP contribution in [0, 0.1) is 0 Å². The van der Waals surface area contributed by atoms with Crippen LogP contribution < -0.4 is 10.5 Å². The highest BCUT2D eigenvalue weighted by molar-refractivity contribution is 5.36. The standard InChI is InChI=1S/C9H13N3O2/c13-7-2-1-5-12(6-7)8-3-4-9(14)11-10-8/h3-4,7,13H,1-2,5-6H2,(H,11,14)/t7-/m0/s1. The van der Waals surface area contributed by atoms with Crippen molar-refractivity contribution in [2.45, 2.75) is 18.9 Å². The number of rotatable bonds is 1. The molecule has 0 bridgehead atoms. The Kier molecular flexibility index (Phi) is 2.49. The van der Waals surface area contributed by atoms with Gasteiger partial charge in [-0.3, -0.25) is 4.79 Å². The number of aromatic amines is 1. The fourth-order valence-corrected chi connectivity index (χ4v) is 1.68. The van der Waals surface area contributed by atoms with Crippen LogP contribution in [0.1, 0.15) is 12.8 Å². The number of aromatic nitrogens is 2. The largest absolute Gasteiger partial charge is 0.391 e. The molecular formula is C9H13N3O2. The minimum Gasteiger partial charge on any atom is -0.391 e. The van der Waals surface area contributed by atoms with Gasteiger partial charge in [-0.25, -0.2) is 5.10 Å². The van der Waals surface area contributed by atoms with Crippen LogP contribution in [-0.4, -0.2) is 34.5 Å². The molecule has 1 saturated heterocycles. The third kappa shape index (κ3) is 1.93. The van der Waals surface area contributed by atoms with Gasteiger partial charge in [-0.2, -0.15) is 5.10 Å². The lowest BCUT2D eigenvalue weighted by Crippen LogP contribution is -2.39. The summed E-state index contributed by atoms with van der Waals surface area (Å²) < 4.78 is 0. The van der Waals surface area contributed by atoms with Gasteiger partial charge < -0.3 is 10.0 Å². The lowest BCUT2D eigenvalue weighted by Gasteiger charge is -2.30. The van der Waals surface area contributed by atoms with E-state index in [4.69, 9.17) is 0 Å². The number of nitrogens with zero attached hydrogens (tertiary/aromatic N) is 2. The number of aliphatic hydroxyl groups excluding tert-OH is 1. The fraction of sp³-hybridized carbons (Fsp3) is 0.556. The van der Waals surface area contributed by atoms with Crippen molar-refractivity contribution in [1.29, 1.82) is 0 Å². The Balaban J connectivity index is 2.14. The molecule has 0 aromatic carbocycles. The zero-order valence-electron chi connectivity index (χ0n) is 7.81. The van der Waals surface area contributed by atoms with Gasteiger partial charge in [0.2, 0.25) is 0 Å². The molecule has 14 heavy (non-hydrogen) atoms. The summed E-state index contributed by atoms with van der Waals surface area (Å²) in [5.41, 5.74) is -0.202. The first kappa shape index (κ1) is 9.21. The minimum absolute atomic E-state index is 0.202. The topological polar surface area (TPSA) is 69.2 Å². The van der Waals surface area contributed by atoms with E-state index in [0.29, 0.717) is 6.54 Å². The summed E-state index contributed by atoms with van der Waals surface area (Å²) in [5, 5.41) is 15.8. The molecule has 2 heterocycles. The van der Waals surface area contributed by atoms with Crippen LogP contribution in [0.15, 0.2) is 16.9 Å². The maximum Gasteiger partial charge on any atom is 0.264 e. The normalized spacial score (nSPS) is 22.4. The van der Waals surface area contributed by atoms with Crippen LogP contribution in [0.3, 0.4) is 0 Å². The summed E-state index contributed by atoms with van der Waals surface area (Å²) in [6, 6.07) is 3.13. The van der Waals surface area contributed by atoms with Crippen LogP contribution in [0.5, 0.6) is 0 Å². The average molecular weight is 195 g/mol. The van der Waals surface area contributed by atoms with Crippen LogP contribution in [0.4, 0.5) is 5.82 Å². The monoisotopic (exact) mass is 195 g/mol. The molecular weight excluding hydrogens is 182 g/mol. The number of hydrogen-bond acceptors (Lipinski definition) is 4.